The lowest BCUT2D eigenvalue weighted by Gasteiger charge is -2.13. The largest absolute Gasteiger partial charge is 0.506 e. The fourth-order valence-corrected chi connectivity index (χ4v) is 2.50. The molecule has 25 heavy (non-hydrogen) atoms. The topological polar surface area (TPSA) is 84.6 Å². The van der Waals surface area contributed by atoms with Crippen LogP contribution in [0.5, 0.6) is 11.5 Å². The van der Waals surface area contributed by atoms with Gasteiger partial charge in [0.25, 0.3) is 5.43 Å². The van der Waals surface area contributed by atoms with Crippen molar-refractivity contribution in [3.05, 3.63) is 77.2 Å². The number of para-hydroxylation sites is 1. The van der Waals surface area contributed by atoms with E-state index in [9.17, 15) is 15.0 Å². The van der Waals surface area contributed by atoms with E-state index in [0.717, 1.165) is 11.1 Å². The molecule has 3 rings (SSSR count). The highest BCUT2D eigenvalue weighted by Gasteiger charge is 2.14. The number of hydrogen-bond acceptors (Lipinski definition) is 5. The molecule has 1 aromatic heterocycles. The molecule has 126 valence electrons. The van der Waals surface area contributed by atoms with Crippen LogP contribution < -0.4 is 10.2 Å². The lowest BCUT2D eigenvalue weighted by Crippen LogP contribution is -2.16. The molecule has 0 fully saturated rings. The third-order valence-electron chi connectivity index (χ3n) is 3.70. The van der Waals surface area contributed by atoms with Crippen molar-refractivity contribution in [1.82, 2.24) is 9.78 Å². The van der Waals surface area contributed by atoms with E-state index in [1.807, 2.05) is 42.5 Å². The Kier molecular flexibility index (Phi) is 4.26. The Bertz CT molecular complexity index is 1010. The number of aromatic nitrogens is 2. The molecular formula is C19H16N2O4. The van der Waals surface area contributed by atoms with Crippen molar-refractivity contribution in [1.29, 1.82) is 0 Å². The van der Waals surface area contributed by atoms with Crippen molar-refractivity contribution in [3.8, 4) is 28.3 Å². The maximum absolute atomic E-state index is 11.9. The predicted octanol–water partition coefficient (Wildman–Crippen LogP) is 3.14. The number of methoxy groups -OCH3 is 1. The molecule has 6 nitrogen and oxygen atoms in total. The summed E-state index contributed by atoms with van der Waals surface area (Å²) in [6.07, 6.45) is 1.20. The molecule has 0 spiro atoms. The van der Waals surface area contributed by atoms with Crippen molar-refractivity contribution in [2.45, 2.75) is 0 Å². The van der Waals surface area contributed by atoms with Gasteiger partial charge in [0.1, 0.15) is 11.5 Å². The first-order chi connectivity index (χ1) is 12.0. The summed E-state index contributed by atoms with van der Waals surface area (Å²) in [5.74, 6) is -0.332. The molecule has 0 radical (unpaired) electrons. The number of aliphatic hydroxyl groups excluding tert-OH is 1. The van der Waals surface area contributed by atoms with Crippen LogP contribution in [-0.4, -0.2) is 27.1 Å². The zero-order valence-electron chi connectivity index (χ0n) is 13.5. The smallest absolute Gasteiger partial charge is 0.252 e. The van der Waals surface area contributed by atoms with Gasteiger partial charge >= 0.3 is 0 Å². The van der Waals surface area contributed by atoms with Crippen LogP contribution in [0.15, 0.2) is 66.1 Å². The molecule has 0 saturated heterocycles. The summed E-state index contributed by atoms with van der Waals surface area (Å²) >= 11 is 0. The molecular weight excluding hydrogens is 320 g/mol. The second-order valence-electron chi connectivity index (χ2n) is 5.33. The minimum atomic E-state index is -0.775. The summed E-state index contributed by atoms with van der Waals surface area (Å²) in [4.78, 5) is 11.9. The molecule has 0 saturated carbocycles. The zero-order chi connectivity index (χ0) is 18.0. The van der Waals surface area contributed by atoms with Gasteiger partial charge in [-0.25, -0.2) is 4.68 Å². The Hall–Kier alpha value is -3.54. The van der Waals surface area contributed by atoms with E-state index in [0.29, 0.717) is 11.4 Å². The summed E-state index contributed by atoms with van der Waals surface area (Å²) in [5, 5.41) is 23.5. The number of benzene rings is 2. The van der Waals surface area contributed by atoms with Gasteiger partial charge < -0.3 is 14.9 Å². The van der Waals surface area contributed by atoms with Crippen molar-refractivity contribution in [3.63, 3.8) is 0 Å². The molecule has 1 heterocycles. The van der Waals surface area contributed by atoms with Gasteiger partial charge in [0, 0.05) is 5.56 Å². The average molecular weight is 336 g/mol. The second kappa shape index (κ2) is 6.52. The molecule has 0 aliphatic carbocycles. The fraction of sp³-hybridized carbons (Fsp3) is 0.0526. The highest BCUT2D eigenvalue weighted by atomic mass is 16.5. The van der Waals surface area contributed by atoms with E-state index in [1.165, 1.54) is 10.9 Å². The third-order valence-corrected chi connectivity index (χ3v) is 3.70. The molecule has 0 unspecified atom stereocenters. The highest BCUT2D eigenvalue weighted by Crippen LogP contribution is 2.29. The summed E-state index contributed by atoms with van der Waals surface area (Å²) in [5.41, 5.74) is 1.22. The summed E-state index contributed by atoms with van der Waals surface area (Å²) in [7, 11) is 1.59. The number of ether oxygens (including phenoxy) is 1. The number of aliphatic hydroxyl groups is 1. The number of aromatic hydroxyl groups is 1. The Balaban J connectivity index is 2.23. The van der Waals surface area contributed by atoms with E-state index in [4.69, 9.17) is 4.74 Å². The average Bonchev–Trinajstić information content (AvgIpc) is 2.63. The minimum absolute atomic E-state index is 0.305. The number of nitrogens with zero attached hydrogens (tertiary/aromatic N) is 2. The van der Waals surface area contributed by atoms with Crippen LogP contribution >= 0.6 is 0 Å². The van der Waals surface area contributed by atoms with Crippen molar-refractivity contribution >= 4 is 5.76 Å². The molecule has 0 atom stereocenters. The number of rotatable bonds is 4. The standard InChI is InChI=1S/C19H16N2O4/c1-12(22)18-19(24)17(23)11-21(20-18)16-9-4-3-8-15(16)13-6-5-7-14(10-13)25-2/h3-11,22-23H,1H2,2H3. The molecule has 0 aliphatic heterocycles. The highest BCUT2D eigenvalue weighted by molar-refractivity contribution is 5.74. The van der Waals surface area contributed by atoms with Crippen molar-refractivity contribution < 1.29 is 14.9 Å². The third kappa shape index (κ3) is 3.10. The van der Waals surface area contributed by atoms with Crippen LogP contribution in [-0.2, 0) is 0 Å². The Labute approximate surface area is 143 Å². The lowest BCUT2D eigenvalue weighted by atomic mass is 10.0. The maximum atomic E-state index is 11.9. The van der Waals surface area contributed by atoms with Gasteiger partial charge in [0.05, 0.1) is 19.0 Å². The molecule has 3 aromatic rings. The van der Waals surface area contributed by atoms with Gasteiger partial charge in [-0.05, 0) is 23.8 Å². The Morgan fingerprint density at radius 1 is 1.20 bits per heavy atom. The first-order valence-corrected chi connectivity index (χ1v) is 7.46. The number of hydrogen-bond donors (Lipinski definition) is 2. The van der Waals surface area contributed by atoms with Gasteiger partial charge in [0.15, 0.2) is 11.4 Å². The predicted molar refractivity (Wildman–Crippen MR) is 95.1 cm³/mol. The summed E-state index contributed by atoms with van der Waals surface area (Å²) in [6, 6.07) is 14.8. The molecule has 0 aliphatic rings. The molecule has 0 bridgehead atoms. The van der Waals surface area contributed by atoms with E-state index in [2.05, 4.69) is 11.7 Å². The van der Waals surface area contributed by atoms with Crippen LogP contribution in [0.4, 0.5) is 0 Å². The lowest BCUT2D eigenvalue weighted by molar-refractivity contribution is 0.415. The van der Waals surface area contributed by atoms with Gasteiger partial charge in [-0.15, -0.1) is 0 Å². The fourth-order valence-electron chi connectivity index (χ4n) is 2.50. The van der Waals surface area contributed by atoms with Gasteiger partial charge in [-0.3, -0.25) is 4.79 Å². The minimum Gasteiger partial charge on any atom is -0.506 e. The van der Waals surface area contributed by atoms with Crippen LogP contribution in [0.1, 0.15) is 5.69 Å². The monoisotopic (exact) mass is 336 g/mol. The van der Waals surface area contributed by atoms with Crippen LogP contribution in [0.2, 0.25) is 0 Å². The first-order valence-electron chi connectivity index (χ1n) is 7.46. The van der Waals surface area contributed by atoms with Gasteiger partial charge in [0.2, 0.25) is 0 Å². The van der Waals surface area contributed by atoms with Crippen LogP contribution in [0, 0.1) is 0 Å². The van der Waals surface area contributed by atoms with E-state index in [-0.39, 0.29) is 5.69 Å². The Morgan fingerprint density at radius 3 is 2.68 bits per heavy atom. The van der Waals surface area contributed by atoms with E-state index >= 15 is 0 Å². The second-order valence-corrected chi connectivity index (χ2v) is 5.33. The van der Waals surface area contributed by atoms with E-state index < -0.39 is 16.9 Å². The normalized spacial score (nSPS) is 10.4. The van der Waals surface area contributed by atoms with Crippen molar-refractivity contribution in [2.75, 3.05) is 7.11 Å². The van der Waals surface area contributed by atoms with Crippen LogP contribution in [0.25, 0.3) is 22.6 Å². The molecule has 6 heteroatoms. The van der Waals surface area contributed by atoms with Gasteiger partial charge in [-0.2, -0.15) is 5.10 Å². The molecule has 2 N–H and O–H groups in total. The summed E-state index contributed by atoms with van der Waals surface area (Å²) < 4.78 is 6.59. The van der Waals surface area contributed by atoms with E-state index in [1.54, 1.807) is 13.2 Å². The Morgan fingerprint density at radius 2 is 1.96 bits per heavy atom. The summed E-state index contributed by atoms with van der Waals surface area (Å²) in [6.45, 7) is 3.32. The quantitative estimate of drug-likeness (QED) is 0.715. The zero-order valence-corrected chi connectivity index (χ0v) is 13.5. The first kappa shape index (κ1) is 16.3. The molecule has 0 amide bonds. The van der Waals surface area contributed by atoms with Crippen molar-refractivity contribution in [2.24, 2.45) is 0 Å². The molecule has 2 aromatic carbocycles. The maximum Gasteiger partial charge on any atom is 0.252 e. The van der Waals surface area contributed by atoms with Gasteiger partial charge in [-0.1, -0.05) is 36.9 Å². The van der Waals surface area contributed by atoms with Crippen LogP contribution in [0.3, 0.4) is 0 Å². The SMILES string of the molecule is C=C(O)c1nn(-c2ccccc2-c2cccc(OC)c2)cc(O)c1=O.